The van der Waals surface area contributed by atoms with Gasteiger partial charge in [0.2, 0.25) is 0 Å². The number of pyridine rings is 2. The van der Waals surface area contributed by atoms with E-state index in [1.54, 1.807) is 13.3 Å². The molecule has 4 heterocycles. The molecule has 0 aliphatic carbocycles. The summed E-state index contributed by atoms with van der Waals surface area (Å²) in [5.74, 6) is 0.0464. The number of methoxy groups -OCH3 is 1. The van der Waals surface area contributed by atoms with Crippen molar-refractivity contribution >= 4 is 17.2 Å². The molecule has 1 aliphatic rings. The topological polar surface area (TPSA) is 59.7 Å². The minimum Gasteiger partial charge on any atom is -0.496 e. The second kappa shape index (κ2) is 7.26. The number of carbonyl (C=O) groups excluding carboxylic acids is 1. The molecule has 0 saturated heterocycles. The lowest BCUT2D eigenvalue weighted by atomic mass is 9.93. The fraction of sp³-hybridized carbons (Fsp3) is 0.174. The molecule has 150 valence electrons. The Hall–Kier alpha value is -3.74. The number of halogens is 1. The van der Waals surface area contributed by atoms with Crippen molar-refractivity contribution in [3.63, 3.8) is 0 Å². The summed E-state index contributed by atoms with van der Waals surface area (Å²) in [6, 6.07) is 12.6. The molecule has 3 aromatic heterocycles. The van der Waals surface area contributed by atoms with Gasteiger partial charge in [0.25, 0.3) is 5.91 Å². The van der Waals surface area contributed by atoms with Crippen molar-refractivity contribution in [3.8, 4) is 5.75 Å². The third-order valence-electron chi connectivity index (χ3n) is 5.43. The van der Waals surface area contributed by atoms with E-state index in [1.165, 1.54) is 23.2 Å². The van der Waals surface area contributed by atoms with Gasteiger partial charge in [0.1, 0.15) is 5.75 Å². The largest absolute Gasteiger partial charge is 0.496 e. The summed E-state index contributed by atoms with van der Waals surface area (Å²) in [7, 11) is 1.63. The quantitative estimate of drug-likeness (QED) is 0.523. The lowest BCUT2D eigenvalue weighted by Crippen LogP contribution is -2.38. The zero-order valence-corrected chi connectivity index (χ0v) is 16.4. The minimum atomic E-state index is -0.504. The Morgan fingerprint density at radius 3 is 2.90 bits per heavy atom. The maximum atomic E-state index is 14.2. The lowest BCUT2D eigenvalue weighted by Gasteiger charge is -2.29. The highest BCUT2D eigenvalue weighted by molar-refractivity contribution is 6.08. The van der Waals surface area contributed by atoms with Gasteiger partial charge >= 0.3 is 0 Å². The van der Waals surface area contributed by atoms with Gasteiger partial charge in [-0.2, -0.15) is 5.10 Å². The van der Waals surface area contributed by atoms with E-state index < -0.39 is 5.82 Å². The molecule has 0 unspecified atom stereocenters. The number of amides is 1. The van der Waals surface area contributed by atoms with Gasteiger partial charge in [-0.05, 0) is 59.5 Å². The van der Waals surface area contributed by atoms with E-state index >= 15 is 0 Å². The number of carbonyl (C=O) groups is 1. The number of hydrogen-bond acceptors (Lipinski definition) is 4. The molecule has 0 fully saturated rings. The molecule has 30 heavy (non-hydrogen) atoms. The van der Waals surface area contributed by atoms with Gasteiger partial charge in [-0.25, -0.2) is 13.9 Å². The van der Waals surface area contributed by atoms with Crippen molar-refractivity contribution in [2.75, 3.05) is 18.6 Å². The molecule has 0 atom stereocenters. The van der Waals surface area contributed by atoms with Gasteiger partial charge in [0, 0.05) is 37.1 Å². The SMILES string of the molecule is COc1cc2c(cc1Cc1ccc3ccnn3c1)C(=O)N(c1ncccc1F)CC2. The first-order valence-corrected chi connectivity index (χ1v) is 9.68. The summed E-state index contributed by atoms with van der Waals surface area (Å²) in [6.45, 7) is 0.373. The molecule has 1 aromatic carbocycles. The van der Waals surface area contributed by atoms with Crippen molar-refractivity contribution in [2.45, 2.75) is 12.8 Å². The van der Waals surface area contributed by atoms with Crippen LogP contribution in [0.1, 0.15) is 27.0 Å². The smallest absolute Gasteiger partial charge is 0.259 e. The van der Waals surface area contributed by atoms with E-state index in [0.717, 1.165) is 28.0 Å². The maximum Gasteiger partial charge on any atom is 0.259 e. The van der Waals surface area contributed by atoms with E-state index in [2.05, 4.69) is 10.1 Å². The van der Waals surface area contributed by atoms with Gasteiger partial charge in [0.05, 0.1) is 12.6 Å². The number of hydrogen-bond donors (Lipinski definition) is 0. The highest BCUT2D eigenvalue weighted by atomic mass is 19.1. The average Bonchev–Trinajstić information content (AvgIpc) is 3.23. The van der Waals surface area contributed by atoms with E-state index in [4.69, 9.17) is 4.74 Å². The Balaban J connectivity index is 1.52. The first kappa shape index (κ1) is 18.3. The van der Waals surface area contributed by atoms with Crippen molar-refractivity contribution < 1.29 is 13.9 Å². The highest BCUT2D eigenvalue weighted by Gasteiger charge is 2.29. The summed E-state index contributed by atoms with van der Waals surface area (Å²) in [6.07, 6.45) is 6.39. The van der Waals surface area contributed by atoms with E-state index in [0.29, 0.717) is 24.9 Å². The van der Waals surface area contributed by atoms with Crippen molar-refractivity contribution in [1.29, 1.82) is 0 Å². The second-order valence-corrected chi connectivity index (χ2v) is 7.25. The molecule has 0 bridgehead atoms. The third kappa shape index (κ3) is 3.08. The fourth-order valence-corrected chi connectivity index (χ4v) is 3.94. The summed E-state index contributed by atoms with van der Waals surface area (Å²) in [5.41, 5.74) is 4.40. The number of anilines is 1. The van der Waals surface area contributed by atoms with E-state index in [-0.39, 0.29) is 11.7 Å². The Morgan fingerprint density at radius 1 is 1.17 bits per heavy atom. The van der Waals surface area contributed by atoms with Crippen LogP contribution in [0.3, 0.4) is 0 Å². The van der Waals surface area contributed by atoms with E-state index in [9.17, 15) is 9.18 Å². The molecular weight excluding hydrogens is 383 g/mol. The zero-order valence-electron chi connectivity index (χ0n) is 16.4. The molecule has 0 N–H and O–H groups in total. The van der Waals surface area contributed by atoms with Crippen LogP contribution >= 0.6 is 0 Å². The van der Waals surface area contributed by atoms with Crippen LogP contribution in [0, 0.1) is 5.82 Å². The fourth-order valence-electron chi connectivity index (χ4n) is 3.94. The van der Waals surface area contributed by atoms with Crippen LogP contribution in [0.25, 0.3) is 5.52 Å². The molecule has 1 aliphatic heterocycles. The van der Waals surface area contributed by atoms with Gasteiger partial charge in [-0.1, -0.05) is 6.07 Å². The van der Waals surface area contributed by atoms with Crippen molar-refractivity contribution in [2.24, 2.45) is 0 Å². The van der Waals surface area contributed by atoms with Crippen molar-refractivity contribution in [1.82, 2.24) is 14.6 Å². The Kier molecular flexibility index (Phi) is 4.43. The number of ether oxygens (including phenoxy) is 1. The summed E-state index contributed by atoms with van der Waals surface area (Å²) in [4.78, 5) is 18.7. The van der Waals surface area contributed by atoms with Crippen LogP contribution in [0.15, 0.2) is 61.1 Å². The van der Waals surface area contributed by atoms with Crippen LogP contribution in [0.4, 0.5) is 10.2 Å². The highest BCUT2D eigenvalue weighted by Crippen LogP contribution is 2.31. The van der Waals surface area contributed by atoms with Crippen LogP contribution < -0.4 is 9.64 Å². The molecule has 5 rings (SSSR count). The molecule has 0 radical (unpaired) electrons. The maximum absolute atomic E-state index is 14.2. The normalized spacial score (nSPS) is 13.5. The molecule has 7 heteroatoms. The first-order valence-electron chi connectivity index (χ1n) is 9.68. The van der Waals surface area contributed by atoms with Gasteiger partial charge in [-0.15, -0.1) is 0 Å². The standard InChI is InChI=1S/C23H19FN4O2/c1-30-21-13-16-7-10-27(22-20(24)3-2-8-25-22)23(29)19(16)12-17(21)11-15-4-5-18-6-9-26-28(18)14-15/h2-6,8-9,12-14H,7,10-11H2,1H3. The van der Waals surface area contributed by atoms with Crippen LogP contribution in [-0.4, -0.2) is 34.2 Å². The van der Waals surface area contributed by atoms with Crippen molar-refractivity contribution in [3.05, 3.63) is 89.1 Å². The molecule has 0 spiro atoms. The summed E-state index contributed by atoms with van der Waals surface area (Å²) < 4.78 is 21.6. The Bertz CT molecular complexity index is 1270. The predicted molar refractivity (Wildman–Crippen MR) is 111 cm³/mol. The predicted octanol–water partition coefficient (Wildman–Crippen LogP) is 3.67. The summed E-state index contributed by atoms with van der Waals surface area (Å²) in [5, 5.41) is 4.28. The Morgan fingerprint density at radius 2 is 2.07 bits per heavy atom. The van der Waals surface area contributed by atoms with Gasteiger partial charge in [-0.3, -0.25) is 9.69 Å². The molecule has 6 nitrogen and oxygen atoms in total. The van der Waals surface area contributed by atoms with Crippen LogP contribution in [-0.2, 0) is 12.8 Å². The Labute approximate surface area is 172 Å². The number of aromatic nitrogens is 3. The number of nitrogens with zero attached hydrogens (tertiary/aromatic N) is 4. The molecular formula is C23H19FN4O2. The zero-order chi connectivity index (χ0) is 20.7. The first-order chi connectivity index (χ1) is 14.6. The number of benzene rings is 1. The molecule has 1 amide bonds. The third-order valence-corrected chi connectivity index (χ3v) is 5.43. The van der Waals surface area contributed by atoms with Crippen LogP contribution in [0.5, 0.6) is 5.75 Å². The lowest BCUT2D eigenvalue weighted by molar-refractivity contribution is 0.0978. The van der Waals surface area contributed by atoms with Crippen LogP contribution in [0.2, 0.25) is 0 Å². The molecule has 0 saturated carbocycles. The number of fused-ring (bicyclic) bond motifs is 2. The van der Waals surface area contributed by atoms with E-state index in [1.807, 2.05) is 41.0 Å². The molecule has 4 aromatic rings. The summed E-state index contributed by atoms with van der Waals surface area (Å²) >= 11 is 0. The number of rotatable bonds is 4. The van der Waals surface area contributed by atoms with Gasteiger partial charge < -0.3 is 4.74 Å². The minimum absolute atomic E-state index is 0.0645. The second-order valence-electron chi connectivity index (χ2n) is 7.25. The average molecular weight is 402 g/mol. The monoisotopic (exact) mass is 402 g/mol. The van der Waals surface area contributed by atoms with Gasteiger partial charge in [0.15, 0.2) is 11.6 Å².